The summed E-state index contributed by atoms with van der Waals surface area (Å²) in [5.41, 5.74) is 0.751. The van der Waals surface area contributed by atoms with Crippen LogP contribution in [0.2, 0.25) is 0 Å². The predicted octanol–water partition coefficient (Wildman–Crippen LogP) is 3.06. The zero-order chi connectivity index (χ0) is 16.9. The molecule has 1 amide bonds. The van der Waals surface area contributed by atoms with E-state index in [0.717, 1.165) is 10.7 Å². The van der Waals surface area contributed by atoms with Gasteiger partial charge in [-0.15, -0.1) is 11.3 Å². The Bertz CT molecular complexity index is 748. The second kappa shape index (κ2) is 7.63. The van der Waals surface area contributed by atoms with Crippen molar-refractivity contribution in [2.75, 3.05) is 13.2 Å². The Balaban J connectivity index is 1.60. The quantitative estimate of drug-likeness (QED) is 0.680. The Morgan fingerprint density at radius 1 is 1.46 bits per heavy atom. The van der Waals surface area contributed by atoms with Gasteiger partial charge in [-0.2, -0.15) is 0 Å². The Labute approximate surface area is 144 Å². The number of amides is 1. The smallest absolute Gasteiger partial charge is 0.226 e. The molecule has 0 bridgehead atoms. The fraction of sp³-hybridized carbons (Fsp3) is 0.412. The highest BCUT2D eigenvalue weighted by atomic mass is 32.1. The monoisotopic (exact) mass is 347 g/mol. The van der Waals surface area contributed by atoms with E-state index < -0.39 is 0 Å². The van der Waals surface area contributed by atoms with Gasteiger partial charge in [0.15, 0.2) is 4.96 Å². The number of nitrogens with one attached hydrogen (secondary N) is 1. The van der Waals surface area contributed by atoms with E-state index in [0.29, 0.717) is 24.9 Å². The van der Waals surface area contributed by atoms with E-state index in [1.165, 1.54) is 0 Å². The van der Waals surface area contributed by atoms with E-state index in [1.807, 2.05) is 28.2 Å². The maximum Gasteiger partial charge on any atom is 0.226 e. The third kappa shape index (κ3) is 4.24. The third-order valence-corrected chi connectivity index (χ3v) is 4.21. The average molecular weight is 347 g/mol. The molecule has 0 aliphatic carbocycles. The van der Waals surface area contributed by atoms with Crippen LogP contribution in [-0.2, 0) is 16.0 Å². The molecule has 7 heteroatoms. The van der Waals surface area contributed by atoms with E-state index in [2.05, 4.69) is 24.1 Å². The summed E-state index contributed by atoms with van der Waals surface area (Å²) in [5, 5.41) is 4.94. The van der Waals surface area contributed by atoms with Crippen molar-refractivity contribution >= 4 is 22.2 Å². The molecule has 24 heavy (non-hydrogen) atoms. The van der Waals surface area contributed by atoms with E-state index >= 15 is 0 Å². The van der Waals surface area contributed by atoms with Gasteiger partial charge >= 0.3 is 0 Å². The van der Waals surface area contributed by atoms with Crippen LogP contribution in [0.15, 0.2) is 40.6 Å². The number of ether oxygens (including phenoxy) is 1. The molecule has 1 atom stereocenters. The summed E-state index contributed by atoms with van der Waals surface area (Å²) in [5.74, 6) is 1.03. The van der Waals surface area contributed by atoms with E-state index in [-0.39, 0.29) is 18.4 Å². The molecule has 0 saturated carbocycles. The first-order chi connectivity index (χ1) is 11.6. The van der Waals surface area contributed by atoms with Crippen molar-refractivity contribution in [3.05, 3.63) is 47.6 Å². The van der Waals surface area contributed by atoms with Gasteiger partial charge in [-0.3, -0.25) is 9.20 Å². The molecule has 0 aromatic carbocycles. The van der Waals surface area contributed by atoms with Gasteiger partial charge in [0.05, 0.1) is 25.0 Å². The summed E-state index contributed by atoms with van der Waals surface area (Å²) in [6.07, 6.45) is 5.64. The predicted molar refractivity (Wildman–Crippen MR) is 92.0 cm³/mol. The molecule has 128 valence electrons. The lowest BCUT2D eigenvalue weighted by Crippen LogP contribution is -2.32. The van der Waals surface area contributed by atoms with Crippen molar-refractivity contribution in [1.29, 1.82) is 0 Å². The lowest BCUT2D eigenvalue weighted by atomic mass is 10.2. The first kappa shape index (κ1) is 16.7. The van der Waals surface area contributed by atoms with E-state index in [4.69, 9.17) is 9.15 Å². The van der Waals surface area contributed by atoms with Crippen molar-refractivity contribution < 1.29 is 13.9 Å². The summed E-state index contributed by atoms with van der Waals surface area (Å²) >= 11 is 1.55. The van der Waals surface area contributed by atoms with Crippen molar-refractivity contribution in [2.45, 2.75) is 26.3 Å². The maximum atomic E-state index is 12.4. The molecule has 1 N–H and O–H groups in total. The number of carbonyl (C=O) groups is 1. The Morgan fingerprint density at radius 2 is 2.33 bits per heavy atom. The van der Waals surface area contributed by atoms with Gasteiger partial charge in [0.25, 0.3) is 0 Å². The van der Waals surface area contributed by atoms with Crippen LogP contribution in [0.4, 0.5) is 0 Å². The van der Waals surface area contributed by atoms with Crippen LogP contribution in [0.25, 0.3) is 4.96 Å². The molecule has 0 spiro atoms. The minimum atomic E-state index is -0.296. The molecule has 3 aromatic rings. The second-order valence-electron chi connectivity index (χ2n) is 6.07. The minimum Gasteiger partial charge on any atom is -0.467 e. The number of carbonyl (C=O) groups excluding carboxylic acids is 1. The molecule has 3 heterocycles. The Morgan fingerprint density at radius 3 is 3.04 bits per heavy atom. The molecule has 0 aliphatic rings. The van der Waals surface area contributed by atoms with Crippen LogP contribution in [0, 0.1) is 5.92 Å². The van der Waals surface area contributed by atoms with Crippen molar-refractivity contribution in [3.63, 3.8) is 0 Å². The maximum absolute atomic E-state index is 12.4. The summed E-state index contributed by atoms with van der Waals surface area (Å²) in [4.78, 5) is 17.7. The van der Waals surface area contributed by atoms with Gasteiger partial charge in [-0.05, 0) is 18.1 Å². The summed E-state index contributed by atoms with van der Waals surface area (Å²) < 4.78 is 13.0. The average Bonchev–Trinajstić information content (AvgIpc) is 3.22. The fourth-order valence-electron chi connectivity index (χ4n) is 2.38. The summed E-state index contributed by atoms with van der Waals surface area (Å²) in [6.45, 7) is 5.20. The SMILES string of the molecule is CC(C)COC[C@H](NC(=O)Cc1cn2ccsc2n1)c1ccco1. The first-order valence-electron chi connectivity index (χ1n) is 7.93. The van der Waals surface area contributed by atoms with Gasteiger partial charge in [-0.1, -0.05) is 13.8 Å². The van der Waals surface area contributed by atoms with Crippen molar-refractivity contribution in [1.82, 2.24) is 14.7 Å². The molecule has 6 nitrogen and oxygen atoms in total. The number of furan rings is 1. The van der Waals surface area contributed by atoms with Gasteiger partial charge in [0, 0.05) is 24.4 Å². The van der Waals surface area contributed by atoms with E-state index in [1.54, 1.807) is 23.7 Å². The molecule has 0 fully saturated rings. The number of hydrogen-bond acceptors (Lipinski definition) is 5. The number of aromatic nitrogens is 2. The van der Waals surface area contributed by atoms with Crippen LogP contribution in [0.1, 0.15) is 31.3 Å². The van der Waals surface area contributed by atoms with Gasteiger partial charge < -0.3 is 14.5 Å². The highest BCUT2D eigenvalue weighted by Gasteiger charge is 2.19. The zero-order valence-corrected chi connectivity index (χ0v) is 14.6. The van der Waals surface area contributed by atoms with Gasteiger partial charge in [0.2, 0.25) is 5.91 Å². The number of fused-ring (bicyclic) bond motifs is 1. The summed E-state index contributed by atoms with van der Waals surface area (Å²) in [6, 6.07) is 3.35. The number of rotatable bonds is 8. The highest BCUT2D eigenvalue weighted by molar-refractivity contribution is 7.15. The van der Waals surface area contributed by atoms with E-state index in [9.17, 15) is 4.79 Å². The third-order valence-electron chi connectivity index (χ3n) is 3.44. The standard InChI is InChI=1S/C17H21N3O3S/c1-12(2)10-22-11-14(15-4-3-6-23-15)19-16(21)8-13-9-20-5-7-24-17(20)18-13/h3-7,9,12,14H,8,10-11H2,1-2H3,(H,19,21)/t14-/m0/s1. The summed E-state index contributed by atoms with van der Waals surface area (Å²) in [7, 11) is 0. The normalized spacial score (nSPS) is 12.8. The molecular weight excluding hydrogens is 326 g/mol. The Kier molecular flexibility index (Phi) is 5.32. The number of hydrogen-bond donors (Lipinski definition) is 1. The zero-order valence-electron chi connectivity index (χ0n) is 13.8. The van der Waals surface area contributed by atoms with Crippen molar-refractivity contribution in [2.24, 2.45) is 5.92 Å². The van der Waals surface area contributed by atoms with Crippen LogP contribution < -0.4 is 5.32 Å². The second-order valence-corrected chi connectivity index (χ2v) is 6.94. The molecule has 3 rings (SSSR count). The van der Waals surface area contributed by atoms with Gasteiger partial charge in [0.1, 0.15) is 11.8 Å². The molecular formula is C17H21N3O3S. The molecule has 3 aromatic heterocycles. The fourth-order valence-corrected chi connectivity index (χ4v) is 3.10. The Hall–Kier alpha value is -2.12. The van der Waals surface area contributed by atoms with Crippen LogP contribution in [-0.4, -0.2) is 28.5 Å². The van der Waals surface area contributed by atoms with Gasteiger partial charge in [-0.25, -0.2) is 4.98 Å². The molecule has 0 radical (unpaired) electrons. The molecule has 0 saturated heterocycles. The number of nitrogens with zero attached hydrogens (tertiary/aromatic N) is 2. The van der Waals surface area contributed by atoms with Crippen molar-refractivity contribution in [3.8, 4) is 0 Å². The largest absolute Gasteiger partial charge is 0.467 e. The minimum absolute atomic E-state index is 0.102. The topological polar surface area (TPSA) is 68.8 Å². The lowest BCUT2D eigenvalue weighted by Gasteiger charge is -2.17. The van der Waals surface area contributed by atoms with Crippen LogP contribution >= 0.6 is 11.3 Å². The van der Waals surface area contributed by atoms with Crippen LogP contribution in [0.3, 0.4) is 0 Å². The molecule has 0 unspecified atom stereocenters. The first-order valence-corrected chi connectivity index (χ1v) is 8.81. The number of thiazole rings is 1. The molecule has 0 aliphatic heterocycles. The van der Waals surface area contributed by atoms with Crippen LogP contribution in [0.5, 0.6) is 0 Å². The lowest BCUT2D eigenvalue weighted by molar-refractivity contribution is -0.121. The highest BCUT2D eigenvalue weighted by Crippen LogP contribution is 2.16. The number of imidazole rings is 1.